The highest BCUT2D eigenvalue weighted by Gasteiger charge is 2.28. The fourth-order valence-corrected chi connectivity index (χ4v) is 3.59. The lowest BCUT2D eigenvalue weighted by Crippen LogP contribution is -2.23. The zero-order valence-corrected chi connectivity index (χ0v) is 10.5. The molecule has 0 fully saturated rings. The molecule has 2 atom stereocenters. The predicted octanol–water partition coefficient (Wildman–Crippen LogP) is 2.94. The molecule has 0 amide bonds. The molecular weight excluding hydrogens is 247 g/mol. The smallest absolute Gasteiger partial charge is 0.141 e. The van der Waals surface area contributed by atoms with Crippen LogP contribution in [0.5, 0.6) is 0 Å². The molecule has 18 heavy (non-hydrogen) atoms. The molecule has 2 aromatic rings. The summed E-state index contributed by atoms with van der Waals surface area (Å²) < 4.78 is 13.2. The summed E-state index contributed by atoms with van der Waals surface area (Å²) in [5, 5.41) is 0.256. The predicted molar refractivity (Wildman–Crippen MR) is 70.9 cm³/mol. The third-order valence-electron chi connectivity index (χ3n) is 3.18. The Morgan fingerprint density at radius 3 is 2.94 bits per heavy atom. The lowest BCUT2D eigenvalue weighted by Gasteiger charge is -2.18. The van der Waals surface area contributed by atoms with Gasteiger partial charge in [0.25, 0.3) is 0 Å². The molecule has 0 radical (unpaired) electrons. The Hall–Kier alpha value is -1.39. The number of thioether (sulfide) groups is 1. The highest BCUT2D eigenvalue weighted by Crippen LogP contribution is 2.41. The van der Waals surface area contributed by atoms with Crippen molar-refractivity contribution in [2.24, 2.45) is 5.73 Å². The molecule has 2 nitrogen and oxygen atoms in total. The maximum absolute atomic E-state index is 13.2. The van der Waals surface area contributed by atoms with E-state index in [4.69, 9.17) is 5.73 Å². The van der Waals surface area contributed by atoms with Crippen molar-refractivity contribution in [2.75, 3.05) is 0 Å². The first-order valence-electron chi connectivity index (χ1n) is 5.84. The number of hydrogen-bond acceptors (Lipinski definition) is 3. The molecule has 0 saturated heterocycles. The van der Waals surface area contributed by atoms with E-state index in [2.05, 4.69) is 17.1 Å². The van der Waals surface area contributed by atoms with Crippen LogP contribution in [0.4, 0.5) is 4.39 Å². The maximum atomic E-state index is 13.2. The van der Waals surface area contributed by atoms with Crippen molar-refractivity contribution in [1.29, 1.82) is 0 Å². The molecule has 1 aromatic heterocycles. The van der Waals surface area contributed by atoms with Gasteiger partial charge in [-0.3, -0.25) is 4.98 Å². The number of nitrogens with zero attached hydrogens (tertiary/aromatic N) is 1. The monoisotopic (exact) mass is 260 g/mol. The van der Waals surface area contributed by atoms with Gasteiger partial charge in [-0.2, -0.15) is 0 Å². The quantitative estimate of drug-likeness (QED) is 0.902. The van der Waals surface area contributed by atoms with E-state index in [1.165, 1.54) is 22.7 Å². The number of benzene rings is 1. The zero-order valence-electron chi connectivity index (χ0n) is 9.71. The van der Waals surface area contributed by atoms with Crippen molar-refractivity contribution in [3.8, 4) is 0 Å². The number of halogens is 1. The van der Waals surface area contributed by atoms with Crippen LogP contribution in [-0.2, 0) is 6.42 Å². The number of pyridine rings is 1. The van der Waals surface area contributed by atoms with Gasteiger partial charge in [0.15, 0.2) is 0 Å². The third-order valence-corrected chi connectivity index (χ3v) is 4.60. The van der Waals surface area contributed by atoms with Gasteiger partial charge >= 0.3 is 0 Å². The Balaban J connectivity index is 1.82. The molecule has 0 spiro atoms. The van der Waals surface area contributed by atoms with Crippen LogP contribution in [0.1, 0.15) is 17.2 Å². The van der Waals surface area contributed by atoms with Gasteiger partial charge in [0, 0.05) is 22.4 Å². The summed E-state index contributed by atoms with van der Waals surface area (Å²) in [7, 11) is 0. The fourth-order valence-electron chi connectivity index (χ4n) is 2.23. The molecule has 92 valence electrons. The van der Waals surface area contributed by atoms with Crippen molar-refractivity contribution in [2.45, 2.75) is 22.6 Å². The largest absolute Gasteiger partial charge is 0.323 e. The number of hydrogen-bond donors (Lipinski definition) is 1. The van der Waals surface area contributed by atoms with E-state index in [0.717, 1.165) is 12.0 Å². The van der Waals surface area contributed by atoms with Crippen molar-refractivity contribution in [3.63, 3.8) is 0 Å². The Morgan fingerprint density at radius 1 is 1.33 bits per heavy atom. The topological polar surface area (TPSA) is 38.9 Å². The number of fused-ring (bicyclic) bond motifs is 1. The van der Waals surface area contributed by atoms with E-state index in [1.807, 2.05) is 12.1 Å². The summed E-state index contributed by atoms with van der Waals surface area (Å²) in [6, 6.07) is 9.59. The Morgan fingerprint density at radius 2 is 2.17 bits per heavy atom. The molecule has 0 bridgehead atoms. The second-order valence-electron chi connectivity index (χ2n) is 4.43. The minimum Gasteiger partial charge on any atom is -0.323 e. The van der Waals surface area contributed by atoms with Crippen molar-refractivity contribution >= 4 is 11.8 Å². The Kier molecular flexibility index (Phi) is 3.06. The summed E-state index contributed by atoms with van der Waals surface area (Å²) in [5.74, 6) is -0.330. The van der Waals surface area contributed by atoms with E-state index in [0.29, 0.717) is 0 Å². The van der Waals surface area contributed by atoms with Crippen molar-refractivity contribution in [3.05, 3.63) is 59.7 Å². The average molecular weight is 260 g/mol. The highest BCUT2D eigenvalue weighted by molar-refractivity contribution is 8.00. The van der Waals surface area contributed by atoms with Crippen LogP contribution < -0.4 is 5.73 Å². The lowest BCUT2D eigenvalue weighted by molar-refractivity contribution is 0.606. The van der Waals surface area contributed by atoms with Gasteiger partial charge < -0.3 is 5.73 Å². The van der Waals surface area contributed by atoms with Crippen LogP contribution in [0.25, 0.3) is 0 Å². The van der Waals surface area contributed by atoms with Gasteiger partial charge in [-0.1, -0.05) is 18.2 Å². The zero-order chi connectivity index (χ0) is 12.5. The molecule has 0 aliphatic carbocycles. The molecule has 1 aliphatic rings. The van der Waals surface area contributed by atoms with Crippen LogP contribution in [0.2, 0.25) is 0 Å². The maximum Gasteiger partial charge on any atom is 0.141 e. The number of rotatable bonds is 2. The lowest BCUT2D eigenvalue weighted by atomic mass is 10.0. The molecule has 1 aromatic carbocycles. The van der Waals surface area contributed by atoms with Crippen LogP contribution in [-0.4, -0.2) is 10.2 Å². The molecular formula is C14H13FN2S. The van der Waals surface area contributed by atoms with E-state index in [-0.39, 0.29) is 17.1 Å². The summed E-state index contributed by atoms with van der Waals surface area (Å²) in [4.78, 5) is 5.14. The summed E-state index contributed by atoms with van der Waals surface area (Å²) >= 11 is 1.77. The van der Waals surface area contributed by atoms with Crippen LogP contribution >= 0.6 is 11.8 Å². The molecule has 2 heterocycles. The Labute approximate surface area is 109 Å². The summed E-state index contributed by atoms with van der Waals surface area (Å²) in [5.41, 5.74) is 8.31. The van der Waals surface area contributed by atoms with E-state index in [1.54, 1.807) is 18.0 Å². The van der Waals surface area contributed by atoms with Crippen LogP contribution in [0.15, 0.2) is 47.6 Å². The molecule has 1 aliphatic heterocycles. The van der Waals surface area contributed by atoms with Gasteiger partial charge in [0.05, 0.1) is 6.20 Å². The first-order chi connectivity index (χ1) is 8.74. The third kappa shape index (κ3) is 2.13. The van der Waals surface area contributed by atoms with Crippen LogP contribution in [0.3, 0.4) is 0 Å². The van der Waals surface area contributed by atoms with Crippen LogP contribution in [0, 0.1) is 5.82 Å². The normalized spacial score (nSPS) is 19.6. The highest BCUT2D eigenvalue weighted by atomic mass is 32.2. The van der Waals surface area contributed by atoms with E-state index < -0.39 is 0 Å². The van der Waals surface area contributed by atoms with Gasteiger partial charge in [0.2, 0.25) is 0 Å². The van der Waals surface area contributed by atoms with Gasteiger partial charge in [0.1, 0.15) is 5.82 Å². The number of aromatic nitrogens is 1. The molecule has 4 heteroatoms. The minimum atomic E-state index is -0.330. The standard InChI is InChI=1S/C14H13FN2S/c15-11-5-10(7-17-8-11)14(16)13-6-9-3-1-2-4-12(9)18-13/h1-5,7-8,13-14H,6,16H2. The first-order valence-corrected chi connectivity index (χ1v) is 6.72. The molecule has 2 unspecified atom stereocenters. The van der Waals surface area contributed by atoms with Gasteiger partial charge in [-0.25, -0.2) is 4.39 Å². The first kappa shape index (κ1) is 11.7. The van der Waals surface area contributed by atoms with E-state index >= 15 is 0 Å². The van der Waals surface area contributed by atoms with Crippen molar-refractivity contribution in [1.82, 2.24) is 4.98 Å². The Bertz CT molecular complexity index is 548. The molecule has 0 saturated carbocycles. The van der Waals surface area contributed by atoms with Gasteiger partial charge in [-0.05, 0) is 29.7 Å². The summed E-state index contributed by atoms with van der Waals surface area (Å²) in [6.45, 7) is 0. The van der Waals surface area contributed by atoms with E-state index in [9.17, 15) is 4.39 Å². The minimum absolute atomic E-state index is 0.189. The fraction of sp³-hybridized carbons (Fsp3) is 0.214. The molecule has 2 N–H and O–H groups in total. The SMILES string of the molecule is NC(c1cncc(F)c1)C1Cc2ccccc2S1. The van der Waals surface area contributed by atoms with Crippen molar-refractivity contribution < 1.29 is 4.39 Å². The second-order valence-corrected chi connectivity index (χ2v) is 5.71. The second kappa shape index (κ2) is 4.71. The average Bonchev–Trinajstić information content (AvgIpc) is 2.81. The number of nitrogens with two attached hydrogens (primary N) is 1. The van der Waals surface area contributed by atoms with Gasteiger partial charge in [-0.15, -0.1) is 11.8 Å². The summed E-state index contributed by atoms with van der Waals surface area (Å²) in [6.07, 6.45) is 3.78. The molecule has 3 rings (SSSR count).